The van der Waals surface area contributed by atoms with E-state index in [2.05, 4.69) is 20.7 Å². The van der Waals surface area contributed by atoms with Crippen molar-refractivity contribution in [2.45, 2.75) is 18.9 Å². The minimum absolute atomic E-state index is 0.479. The SMILES string of the molecule is NNc1cn2ccnc2c(NC2CCSCC2)n1. The van der Waals surface area contributed by atoms with Crippen molar-refractivity contribution in [2.75, 3.05) is 22.2 Å². The number of imidazole rings is 1. The molecule has 4 N–H and O–H groups in total. The maximum atomic E-state index is 5.43. The molecular formula is C11H16N6S. The van der Waals surface area contributed by atoms with Crippen LogP contribution in [-0.2, 0) is 0 Å². The van der Waals surface area contributed by atoms with Crippen molar-refractivity contribution in [3.05, 3.63) is 18.6 Å². The maximum absolute atomic E-state index is 5.43. The summed E-state index contributed by atoms with van der Waals surface area (Å²) in [7, 11) is 0. The summed E-state index contributed by atoms with van der Waals surface area (Å²) in [6.07, 6.45) is 7.81. The molecule has 2 aromatic heterocycles. The van der Waals surface area contributed by atoms with Gasteiger partial charge in [-0.3, -0.25) is 0 Å². The van der Waals surface area contributed by atoms with E-state index in [1.807, 2.05) is 28.6 Å². The number of nitrogens with one attached hydrogen (secondary N) is 2. The fourth-order valence-electron chi connectivity index (χ4n) is 2.13. The average molecular weight is 264 g/mol. The van der Waals surface area contributed by atoms with Gasteiger partial charge in [-0.25, -0.2) is 15.8 Å². The Kier molecular flexibility index (Phi) is 3.24. The Bertz CT molecular complexity index is 533. The number of hydrogen-bond acceptors (Lipinski definition) is 6. The summed E-state index contributed by atoms with van der Waals surface area (Å²) in [5.41, 5.74) is 3.42. The molecule has 2 aromatic rings. The second kappa shape index (κ2) is 5.03. The number of thioether (sulfide) groups is 1. The van der Waals surface area contributed by atoms with Gasteiger partial charge in [0.05, 0.1) is 6.20 Å². The van der Waals surface area contributed by atoms with E-state index in [0.717, 1.165) is 11.5 Å². The monoisotopic (exact) mass is 264 g/mol. The zero-order valence-electron chi connectivity index (χ0n) is 9.97. The van der Waals surface area contributed by atoms with Gasteiger partial charge in [0.1, 0.15) is 0 Å². The number of nitrogens with two attached hydrogens (primary N) is 1. The van der Waals surface area contributed by atoms with Gasteiger partial charge in [0.25, 0.3) is 0 Å². The van der Waals surface area contributed by atoms with Crippen molar-refractivity contribution in [2.24, 2.45) is 5.84 Å². The summed E-state index contributed by atoms with van der Waals surface area (Å²) in [5, 5.41) is 3.48. The molecule has 0 aliphatic carbocycles. The van der Waals surface area contributed by atoms with Crippen LogP contribution in [-0.4, -0.2) is 31.9 Å². The first-order valence-electron chi connectivity index (χ1n) is 6.01. The first-order valence-corrected chi connectivity index (χ1v) is 7.17. The second-order valence-electron chi connectivity index (χ2n) is 4.31. The highest BCUT2D eigenvalue weighted by Gasteiger charge is 2.16. The number of hydrazine groups is 1. The van der Waals surface area contributed by atoms with Gasteiger partial charge in [-0.2, -0.15) is 11.8 Å². The lowest BCUT2D eigenvalue weighted by Crippen LogP contribution is -2.25. The van der Waals surface area contributed by atoms with E-state index in [1.165, 1.54) is 24.3 Å². The Balaban J connectivity index is 1.91. The van der Waals surface area contributed by atoms with Gasteiger partial charge in [0.15, 0.2) is 17.3 Å². The highest BCUT2D eigenvalue weighted by atomic mass is 32.2. The largest absolute Gasteiger partial charge is 0.364 e. The zero-order valence-corrected chi connectivity index (χ0v) is 10.8. The molecule has 1 aliphatic heterocycles. The minimum atomic E-state index is 0.479. The third kappa shape index (κ3) is 2.23. The van der Waals surface area contributed by atoms with E-state index in [0.29, 0.717) is 11.9 Å². The first-order chi connectivity index (χ1) is 8.86. The third-order valence-electron chi connectivity index (χ3n) is 3.08. The lowest BCUT2D eigenvalue weighted by molar-refractivity contribution is 0.664. The molecule has 6 nitrogen and oxygen atoms in total. The zero-order chi connectivity index (χ0) is 12.4. The van der Waals surface area contributed by atoms with E-state index in [-0.39, 0.29) is 0 Å². The van der Waals surface area contributed by atoms with E-state index < -0.39 is 0 Å². The summed E-state index contributed by atoms with van der Waals surface area (Å²) in [5.74, 6) is 9.28. The van der Waals surface area contributed by atoms with Gasteiger partial charge in [-0.15, -0.1) is 0 Å². The molecule has 0 atom stereocenters. The molecule has 3 heterocycles. The molecule has 1 aliphatic rings. The van der Waals surface area contributed by atoms with Crippen molar-refractivity contribution >= 4 is 29.0 Å². The molecule has 3 rings (SSSR count). The molecule has 1 saturated heterocycles. The number of hydrogen-bond donors (Lipinski definition) is 3. The summed E-state index contributed by atoms with van der Waals surface area (Å²) in [6, 6.07) is 0.479. The van der Waals surface area contributed by atoms with E-state index >= 15 is 0 Å². The van der Waals surface area contributed by atoms with E-state index in [9.17, 15) is 0 Å². The van der Waals surface area contributed by atoms with Crippen molar-refractivity contribution in [1.29, 1.82) is 0 Å². The lowest BCUT2D eigenvalue weighted by Gasteiger charge is -2.23. The van der Waals surface area contributed by atoms with Gasteiger partial charge < -0.3 is 15.1 Å². The van der Waals surface area contributed by atoms with Crippen LogP contribution in [0.4, 0.5) is 11.6 Å². The lowest BCUT2D eigenvalue weighted by atomic mass is 10.1. The van der Waals surface area contributed by atoms with Crippen LogP contribution in [0.1, 0.15) is 12.8 Å². The summed E-state index contributed by atoms with van der Waals surface area (Å²) in [4.78, 5) is 8.77. The molecule has 0 radical (unpaired) electrons. The maximum Gasteiger partial charge on any atom is 0.180 e. The summed E-state index contributed by atoms with van der Waals surface area (Å²) in [6.45, 7) is 0. The van der Waals surface area contributed by atoms with Crippen molar-refractivity contribution < 1.29 is 0 Å². The predicted molar refractivity (Wildman–Crippen MR) is 74.8 cm³/mol. The van der Waals surface area contributed by atoms with Crippen molar-refractivity contribution in [1.82, 2.24) is 14.4 Å². The number of nitrogen functional groups attached to an aromatic ring is 1. The average Bonchev–Trinajstić information content (AvgIpc) is 2.88. The van der Waals surface area contributed by atoms with E-state index in [4.69, 9.17) is 5.84 Å². The van der Waals surface area contributed by atoms with Gasteiger partial charge in [-0.1, -0.05) is 0 Å². The highest BCUT2D eigenvalue weighted by molar-refractivity contribution is 7.99. The number of anilines is 2. The third-order valence-corrected chi connectivity index (χ3v) is 4.13. The standard InChI is InChI=1S/C11H16N6S/c12-16-9-7-17-4-3-13-11(17)10(15-9)14-8-1-5-18-6-2-8/h3-4,7-8,16H,1-2,5-6,12H2,(H,14,15). The Morgan fingerprint density at radius 1 is 1.39 bits per heavy atom. The van der Waals surface area contributed by atoms with Crippen LogP contribution < -0.4 is 16.6 Å². The molecule has 0 bridgehead atoms. The van der Waals surface area contributed by atoms with Crippen LogP contribution in [0.5, 0.6) is 0 Å². The van der Waals surface area contributed by atoms with Gasteiger partial charge in [-0.05, 0) is 24.3 Å². The Morgan fingerprint density at radius 2 is 2.22 bits per heavy atom. The predicted octanol–water partition coefficient (Wildman–Crippen LogP) is 1.32. The van der Waals surface area contributed by atoms with Crippen LogP contribution in [0, 0.1) is 0 Å². The molecule has 18 heavy (non-hydrogen) atoms. The van der Waals surface area contributed by atoms with Crippen molar-refractivity contribution in [3.8, 4) is 0 Å². The van der Waals surface area contributed by atoms with Gasteiger partial charge in [0.2, 0.25) is 0 Å². The quantitative estimate of drug-likeness (QED) is 0.573. The molecule has 0 saturated carbocycles. The first kappa shape index (κ1) is 11.6. The van der Waals surface area contributed by atoms with Gasteiger partial charge >= 0.3 is 0 Å². The van der Waals surface area contributed by atoms with Crippen LogP contribution in [0.3, 0.4) is 0 Å². The smallest absolute Gasteiger partial charge is 0.180 e. The van der Waals surface area contributed by atoms with Crippen LogP contribution in [0.15, 0.2) is 18.6 Å². The van der Waals surface area contributed by atoms with Crippen LogP contribution in [0.2, 0.25) is 0 Å². The molecule has 0 unspecified atom stereocenters. The number of nitrogens with zero attached hydrogens (tertiary/aromatic N) is 3. The Labute approximate surface area is 109 Å². The second-order valence-corrected chi connectivity index (χ2v) is 5.53. The summed E-state index contributed by atoms with van der Waals surface area (Å²) < 4.78 is 1.92. The molecule has 0 amide bonds. The number of aromatic nitrogens is 3. The van der Waals surface area contributed by atoms with Crippen molar-refractivity contribution in [3.63, 3.8) is 0 Å². The summed E-state index contributed by atoms with van der Waals surface area (Å²) >= 11 is 2.01. The topological polar surface area (TPSA) is 80.3 Å². The fourth-order valence-corrected chi connectivity index (χ4v) is 3.24. The normalized spacial score (nSPS) is 16.9. The number of rotatable bonds is 3. The highest BCUT2D eigenvalue weighted by Crippen LogP contribution is 2.23. The molecule has 0 spiro atoms. The molecule has 1 fully saturated rings. The van der Waals surface area contributed by atoms with Crippen LogP contribution >= 0.6 is 11.8 Å². The van der Waals surface area contributed by atoms with E-state index in [1.54, 1.807) is 6.20 Å². The minimum Gasteiger partial charge on any atom is -0.364 e. The Hall–Kier alpha value is -1.47. The van der Waals surface area contributed by atoms with Gasteiger partial charge in [0, 0.05) is 18.4 Å². The number of fused-ring (bicyclic) bond motifs is 1. The molecule has 0 aromatic carbocycles. The Morgan fingerprint density at radius 3 is 3.00 bits per heavy atom. The molecular weight excluding hydrogens is 248 g/mol. The fraction of sp³-hybridized carbons (Fsp3) is 0.455. The van der Waals surface area contributed by atoms with Crippen LogP contribution in [0.25, 0.3) is 5.65 Å². The molecule has 96 valence electrons. The molecule has 7 heteroatoms.